The molecule has 0 aromatic carbocycles. The molecule has 0 heterocycles. The van der Waals surface area contributed by atoms with Gasteiger partial charge in [-0.15, -0.1) is 0 Å². The average Bonchev–Trinajstić information content (AvgIpc) is 2.36. The summed E-state index contributed by atoms with van der Waals surface area (Å²) in [7, 11) is -1.19. The molecule has 0 spiro atoms. The SMILES string of the molecule is COCCN(CCOC)S(=O)(=O)NCC(F)(F)CN. The molecule has 0 aliphatic rings. The fourth-order valence-electron chi connectivity index (χ4n) is 1.10. The minimum Gasteiger partial charge on any atom is -0.383 e. The number of hydrogen-bond acceptors (Lipinski definition) is 5. The highest BCUT2D eigenvalue weighted by molar-refractivity contribution is 7.87. The molecular weight excluding hydrogens is 284 g/mol. The largest absolute Gasteiger partial charge is 0.383 e. The molecule has 0 aromatic heterocycles. The summed E-state index contributed by atoms with van der Waals surface area (Å²) in [6.07, 6.45) is 0. The van der Waals surface area contributed by atoms with Crippen LogP contribution in [0.4, 0.5) is 8.78 Å². The summed E-state index contributed by atoms with van der Waals surface area (Å²) in [6, 6.07) is 0. The average molecular weight is 305 g/mol. The maximum Gasteiger partial charge on any atom is 0.279 e. The molecule has 0 saturated carbocycles. The topological polar surface area (TPSA) is 93.9 Å². The fourth-order valence-corrected chi connectivity index (χ4v) is 2.30. The molecule has 0 radical (unpaired) electrons. The maximum atomic E-state index is 12.9. The highest BCUT2D eigenvalue weighted by atomic mass is 32.2. The Kier molecular flexibility index (Phi) is 8.54. The third-order valence-corrected chi connectivity index (χ3v) is 3.80. The van der Waals surface area contributed by atoms with Crippen molar-refractivity contribution in [3.63, 3.8) is 0 Å². The monoisotopic (exact) mass is 305 g/mol. The van der Waals surface area contributed by atoms with Crippen LogP contribution in [0, 0.1) is 0 Å². The molecule has 0 unspecified atom stereocenters. The van der Waals surface area contributed by atoms with Crippen LogP contribution in [0.5, 0.6) is 0 Å². The van der Waals surface area contributed by atoms with Crippen molar-refractivity contribution in [1.29, 1.82) is 0 Å². The van der Waals surface area contributed by atoms with Gasteiger partial charge in [-0.2, -0.15) is 17.4 Å². The molecule has 0 aromatic rings. The first kappa shape index (κ1) is 18.6. The number of ether oxygens (including phenoxy) is 2. The quantitative estimate of drug-likeness (QED) is 0.511. The molecule has 0 bridgehead atoms. The van der Waals surface area contributed by atoms with Gasteiger partial charge in [0.2, 0.25) is 0 Å². The molecular formula is C9H21F2N3O4S. The third kappa shape index (κ3) is 7.70. The van der Waals surface area contributed by atoms with Gasteiger partial charge in [-0.3, -0.25) is 0 Å². The predicted molar refractivity (Wildman–Crippen MR) is 66.2 cm³/mol. The number of alkyl halides is 2. The molecule has 116 valence electrons. The number of nitrogens with two attached hydrogens (primary N) is 1. The first-order chi connectivity index (χ1) is 8.79. The number of hydrogen-bond donors (Lipinski definition) is 2. The van der Waals surface area contributed by atoms with E-state index in [0.717, 1.165) is 4.31 Å². The number of rotatable bonds is 11. The second kappa shape index (κ2) is 8.72. The van der Waals surface area contributed by atoms with Crippen molar-refractivity contribution in [2.45, 2.75) is 5.92 Å². The second-order valence-electron chi connectivity index (χ2n) is 3.77. The molecule has 19 heavy (non-hydrogen) atoms. The van der Waals surface area contributed by atoms with E-state index >= 15 is 0 Å². The standard InChI is InChI=1S/C9H21F2N3O4S/c1-17-5-3-14(4-6-18-2)19(15,16)13-8-9(10,11)7-12/h13H,3-8,12H2,1-2H3. The van der Waals surface area contributed by atoms with E-state index < -0.39 is 29.2 Å². The van der Waals surface area contributed by atoms with Gasteiger partial charge in [0.25, 0.3) is 16.1 Å². The van der Waals surface area contributed by atoms with E-state index in [1.165, 1.54) is 14.2 Å². The minimum atomic E-state index is -4.02. The van der Waals surface area contributed by atoms with Gasteiger partial charge in [0.05, 0.1) is 26.3 Å². The highest BCUT2D eigenvalue weighted by Gasteiger charge is 2.31. The molecule has 0 fully saturated rings. The predicted octanol–water partition coefficient (Wildman–Crippen LogP) is -0.990. The molecule has 0 atom stereocenters. The lowest BCUT2D eigenvalue weighted by molar-refractivity contribution is 0.0165. The summed E-state index contributed by atoms with van der Waals surface area (Å²) in [5, 5.41) is 0. The number of halogens is 2. The zero-order valence-corrected chi connectivity index (χ0v) is 11.9. The summed E-state index contributed by atoms with van der Waals surface area (Å²) in [5.74, 6) is -3.28. The zero-order chi connectivity index (χ0) is 14.9. The van der Waals surface area contributed by atoms with Gasteiger partial charge in [0, 0.05) is 27.3 Å². The Morgan fingerprint density at radius 1 is 1.21 bits per heavy atom. The van der Waals surface area contributed by atoms with Crippen molar-refractivity contribution in [2.75, 3.05) is 53.6 Å². The Hall–Kier alpha value is -0.390. The van der Waals surface area contributed by atoms with E-state index in [0.29, 0.717) is 0 Å². The number of nitrogens with one attached hydrogen (secondary N) is 1. The Labute approximate surface area is 112 Å². The fraction of sp³-hybridized carbons (Fsp3) is 1.00. The lowest BCUT2D eigenvalue weighted by Crippen LogP contribution is -2.48. The lowest BCUT2D eigenvalue weighted by atomic mass is 10.3. The van der Waals surface area contributed by atoms with Gasteiger partial charge < -0.3 is 15.2 Å². The summed E-state index contributed by atoms with van der Waals surface area (Å²) < 4.78 is 61.9. The summed E-state index contributed by atoms with van der Waals surface area (Å²) in [4.78, 5) is 0. The Balaban J connectivity index is 4.58. The van der Waals surface area contributed by atoms with E-state index in [2.05, 4.69) is 0 Å². The molecule has 0 aliphatic heterocycles. The first-order valence-corrected chi connectivity index (χ1v) is 7.03. The zero-order valence-electron chi connectivity index (χ0n) is 11.1. The van der Waals surface area contributed by atoms with E-state index in [1.54, 1.807) is 0 Å². The summed E-state index contributed by atoms with van der Waals surface area (Å²) in [6.45, 7) is -1.57. The number of nitrogens with zero attached hydrogens (tertiary/aromatic N) is 1. The van der Waals surface area contributed by atoms with E-state index in [-0.39, 0.29) is 26.3 Å². The minimum absolute atomic E-state index is 0.0450. The van der Waals surface area contributed by atoms with E-state index in [1.807, 2.05) is 4.72 Å². The van der Waals surface area contributed by atoms with Crippen LogP contribution in [0.1, 0.15) is 0 Å². The molecule has 3 N–H and O–H groups in total. The van der Waals surface area contributed by atoms with Crippen LogP contribution in [0.15, 0.2) is 0 Å². The Morgan fingerprint density at radius 3 is 2.05 bits per heavy atom. The van der Waals surface area contributed by atoms with Crippen molar-refractivity contribution in [3.05, 3.63) is 0 Å². The normalized spacial score (nSPS) is 13.2. The van der Waals surface area contributed by atoms with Gasteiger partial charge in [-0.25, -0.2) is 8.78 Å². The smallest absolute Gasteiger partial charge is 0.279 e. The Morgan fingerprint density at radius 2 is 1.68 bits per heavy atom. The lowest BCUT2D eigenvalue weighted by Gasteiger charge is -2.23. The molecule has 0 amide bonds. The molecule has 0 aliphatic carbocycles. The Bertz CT molecular complexity index is 332. The van der Waals surface area contributed by atoms with Crippen LogP contribution in [0.2, 0.25) is 0 Å². The van der Waals surface area contributed by atoms with Crippen molar-refractivity contribution < 1.29 is 26.7 Å². The van der Waals surface area contributed by atoms with Crippen LogP contribution >= 0.6 is 0 Å². The molecule has 7 nitrogen and oxygen atoms in total. The van der Waals surface area contributed by atoms with Crippen molar-refractivity contribution in [1.82, 2.24) is 9.03 Å². The van der Waals surface area contributed by atoms with E-state index in [9.17, 15) is 17.2 Å². The van der Waals surface area contributed by atoms with Crippen LogP contribution < -0.4 is 10.5 Å². The third-order valence-electron chi connectivity index (χ3n) is 2.24. The van der Waals surface area contributed by atoms with Crippen LogP contribution in [-0.4, -0.2) is 72.3 Å². The van der Waals surface area contributed by atoms with Crippen molar-refractivity contribution in [2.24, 2.45) is 5.73 Å². The van der Waals surface area contributed by atoms with Gasteiger partial charge >= 0.3 is 0 Å². The van der Waals surface area contributed by atoms with Gasteiger partial charge in [0.15, 0.2) is 0 Å². The van der Waals surface area contributed by atoms with Crippen molar-refractivity contribution >= 4 is 10.2 Å². The van der Waals surface area contributed by atoms with Crippen molar-refractivity contribution in [3.8, 4) is 0 Å². The maximum absolute atomic E-state index is 12.9. The van der Waals surface area contributed by atoms with Gasteiger partial charge in [0.1, 0.15) is 0 Å². The summed E-state index contributed by atoms with van der Waals surface area (Å²) in [5.41, 5.74) is 4.83. The van der Waals surface area contributed by atoms with Gasteiger partial charge in [-0.1, -0.05) is 0 Å². The molecule has 0 rings (SSSR count). The van der Waals surface area contributed by atoms with Gasteiger partial charge in [-0.05, 0) is 0 Å². The van der Waals surface area contributed by atoms with Crippen LogP contribution in [-0.2, 0) is 19.7 Å². The first-order valence-electron chi connectivity index (χ1n) is 5.59. The number of methoxy groups -OCH3 is 2. The van der Waals surface area contributed by atoms with Crippen LogP contribution in [0.3, 0.4) is 0 Å². The molecule has 10 heteroatoms. The highest BCUT2D eigenvalue weighted by Crippen LogP contribution is 2.10. The molecule has 0 saturated heterocycles. The summed E-state index contributed by atoms with van der Waals surface area (Å²) >= 11 is 0. The van der Waals surface area contributed by atoms with Crippen LogP contribution in [0.25, 0.3) is 0 Å². The second-order valence-corrected chi connectivity index (χ2v) is 5.53. The van der Waals surface area contributed by atoms with E-state index in [4.69, 9.17) is 15.2 Å².